The van der Waals surface area contributed by atoms with Crippen molar-refractivity contribution in [2.24, 2.45) is 0 Å². The third-order valence-electron chi connectivity index (χ3n) is 5.52. The van der Waals surface area contributed by atoms with E-state index >= 15 is 0 Å². The number of rotatable bonds is 5. The fourth-order valence-electron chi connectivity index (χ4n) is 3.73. The van der Waals surface area contributed by atoms with Gasteiger partial charge in [-0.1, -0.05) is 30.7 Å². The highest BCUT2D eigenvalue weighted by atomic mass is 35.5. The van der Waals surface area contributed by atoms with Crippen LogP contribution in [0.1, 0.15) is 17.9 Å². The molecule has 0 unspecified atom stereocenters. The van der Waals surface area contributed by atoms with Crippen LogP contribution in [0.25, 0.3) is 11.0 Å². The molecular weight excluding hydrogens is 434 g/mol. The lowest BCUT2D eigenvalue weighted by molar-refractivity contribution is 0.270. The number of fused-ring (bicyclic) bond motifs is 1. The molecule has 0 N–H and O–H groups in total. The number of halogens is 1. The molecule has 2 heterocycles. The first-order valence-electron chi connectivity index (χ1n) is 10.1. The highest BCUT2D eigenvalue weighted by molar-refractivity contribution is 7.92. The average molecular weight is 456 g/mol. The summed E-state index contributed by atoms with van der Waals surface area (Å²) < 4.78 is 26.8. The lowest BCUT2D eigenvalue weighted by Crippen LogP contribution is -2.47. The molecule has 3 aromatic rings. The Balaban J connectivity index is 1.84. The third kappa shape index (κ3) is 4.22. The van der Waals surface area contributed by atoms with Crippen molar-refractivity contribution in [3.05, 3.63) is 59.2 Å². The van der Waals surface area contributed by atoms with Gasteiger partial charge in [-0.05, 0) is 42.9 Å². The van der Waals surface area contributed by atoms with Crippen LogP contribution in [0.4, 0.5) is 5.82 Å². The first kappa shape index (κ1) is 21.5. The van der Waals surface area contributed by atoms with Gasteiger partial charge in [0.05, 0.1) is 22.0 Å². The SMILES string of the molecule is CCN1CCN(c2nc3ccccc3nc2[C@H](C#N)S(=O)(=O)c2ccc(Cl)cc2)CC1. The first-order valence-corrected chi connectivity index (χ1v) is 12.0. The number of nitriles is 1. The van der Waals surface area contributed by atoms with Gasteiger partial charge in [-0.15, -0.1) is 0 Å². The molecular formula is C22H22ClN5O2S. The van der Waals surface area contributed by atoms with Crippen molar-refractivity contribution in [2.45, 2.75) is 17.1 Å². The predicted molar refractivity (Wildman–Crippen MR) is 121 cm³/mol. The van der Waals surface area contributed by atoms with Crippen molar-refractivity contribution in [3.63, 3.8) is 0 Å². The van der Waals surface area contributed by atoms with Gasteiger partial charge in [0.1, 0.15) is 5.69 Å². The molecule has 0 amide bonds. The van der Waals surface area contributed by atoms with Crippen LogP contribution in [-0.2, 0) is 9.84 Å². The number of para-hydroxylation sites is 2. The first-order chi connectivity index (χ1) is 14.9. The predicted octanol–water partition coefficient (Wildman–Crippen LogP) is 3.46. The van der Waals surface area contributed by atoms with Gasteiger partial charge >= 0.3 is 0 Å². The Bertz CT molecular complexity index is 1230. The number of aromatic nitrogens is 2. The van der Waals surface area contributed by atoms with Crippen LogP contribution in [0.15, 0.2) is 53.4 Å². The maximum absolute atomic E-state index is 13.4. The number of hydrogen-bond acceptors (Lipinski definition) is 7. The number of nitrogens with zero attached hydrogens (tertiary/aromatic N) is 5. The largest absolute Gasteiger partial charge is 0.352 e. The van der Waals surface area contributed by atoms with E-state index in [2.05, 4.69) is 16.8 Å². The van der Waals surface area contributed by atoms with Crippen LogP contribution in [0.5, 0.6) is 0 Å². The van der Waals surface area contributed by atoms with E-state index in [1.165, 1.54) is 24.3 Å². The minimum absolute atomic E-state index is 0.0279. The summed E-state index contributed by atoms with van der Waals surface area (Å²) in [6.07, 6.45) is 0. The topological polar surface area (TPSA) is 90.2 Å². The molecule has 0 bridgehead atoms. The second-order valence-corrected chi connectivity index (χ2v) is 9.82. The van der Waals surface area contributed by atoms with Gasteiger partial charge in [0.15, 0.2) is 11.1 Å². The summed E-state index contributed by atoms with van der Waals surface area (Å²) in [5, 5.41) is 8.90. The summed E-state index contributed by atoms with van der Waals surface area (Å²) in [6, 6.07) is 15.1. The highest BCUT2D eigenvalue weighted by Gasteiger charge is 2.35. The quantitative estimate of drug-likeness (QED) is 0.581. The maximum Gasteiger partial charge on any atom is 0.200 e. The lowest BCUT2D eigenvalue weighted by Gasteiger charge is -2.35. The van der Waals surface area contributed by atoms with E-state index in [1.54, 1.807) is 6.07 Å². The normalized spacial score (nSPS) is 16.2. The van der Waals surface area contributed by atoms with Crippen molar-refractivity contribution >= 4 is 38.3 Å². The van der Waals surface area contributed by atoms with Crippen LogP contribution in [-0.4, -0.2) is 56.0 Å². The number of likely N-dealkylation sites (N-methyl/N-ethyl adjacent to an activating group) is 1. The van der Waals surface area contributed by atoms with E-state index in [-0.39, 0.29) is 10.6 Å². The average Bonchev–Trinajstić information content (AvgIpc) is 2.79. The molecule has 1 atom stereocenters. The maximum atomic E-state index is 13.4. The molecule has 1 aliphatic rings. The summed E-state index contributed by atoms with van der Waals surface area (Å²) in [6.45, 7) is 6.12. The van der Waals surface area contributed by atoms with E-state index in [4.69, 9.17) is 16.6 Å². The summed E-state index contributed by atoms with van der Waals surface area (Å²) in [5.74, 6) is 0.457. The zero-order valence-electron chi connectivity index (χ0n) is 17.1. The van der Waals surface area contributed by atoms with Crippen LogP contribution >= 0.6 is 11.6 Å². The number of hydrogen-bond donors (Lipinski definition) is 0. The zero-order chi connectivity index (χ0) is 22.0. The highest BCUT2D eigenvalue weighted by Crippen LogP contribution is 2.34. The summed E-state index contributed by atoms with van der Waals surface area (Å²) in [4.78, 5) is 13.7. The van der Waals surface area contributed by atoms with Crippen molar-refractivity contribution < 1.29 is 8.42 Å². The molecule has 1 aliphatic heterocycles. The number of piperazine rings is 1. The minimum atomic E-state index is -4.03. The van der Waals surface area contributed by atoms with E-state index in [0.717, 1.165) is 19.6 Å². The number of anilines is 1. The van der Waals surface area contributed by atoms with Gasteiger partial charge in [-0.25, -0.2) is 18.4 Å². The van der Waals surface area contributed by atoms with Crippen LogP contribution < -0.4 is 4.90 Å². The lowest BCUT2D eigenvalue weighted by atomic mass is 10.2. The van der Waals surface area contributed by atoms with Gasteiger partial charge < -0.3 is 9.80 Å². The van der Waals surface area contributed by atoms with Crippen molar-refractivity contribution in [3.8, 4) is 6.07 Å². The molecule has 0 saturated carbocycles. The van der Waals surface area contributed by atoms with E-state index in [0.29, 0.717) is 35.0 Å². The third-order valence-corrected chi connectivity index (χ3v) is 7.65. The van der Waals surface area contributed by atoms with Crippen LogP contribution in [0.2, 0.25) is 5.02 Å². The fourth-order valence-corrected chi connectivity index (χ4v) is 5.23. The smallest absolute Gasteiger partial charge is 0.200 e. The Morgan fingerprint density at radius 2 is 1.65 bits per heavy atom. The molecule has 7 nitrogen and oxygen atoms in total. The second kappa shape index (κ2) is 8.79. The molecule has 1 saturated heterocycles. The van der Waals surface area contributed by atoms with Gasteiger partial charge in [0.2, 0.25) is 9.84 Å². The second-order valence-electron chi connectivity index (χ2n) is 7.35. The molecule has 160 valence electrons. The van der Waals surface area contributed by atoms with Gasteiger partial charge in [-0.2, -0.15) is 5.26 Å². The van der Waals surface area contributed by atoms with Crippen molar-refractivity contribution in [1.82, 2.24) is 14.9 Å². The van der Waals surface area contributed by atoms with E-state index in [1.807, 2.05) is 29.2 Å². The van der Waals surface area contributed by atoms with Gasteiger partial charge in [0.25, 0.3) is 0 Å². The molecule has 1 fully saturated rings. The van der Waals surface area contributed by atoms with Crippen LogP contribution in [0, 0.1) is 11.3 Å². The van der Waals surface area contributed by atoms with Crippen LogP contribution in [0.3, 0.4) is 0 Å². The van der Waals surface area contributed by atoms with Gasteiger partial charge in [-0.3, -0.25) is 0 Å². The molecule has 0 spiro atoms. The number of sulfone groups is 1. The molecule has 0 aliphatic carbocycles. The van der Waals surface area contributed by atoms with E-state index in [9.17, 15) is 13.7 Å². The fraction of sp³-hybridized carbons (Fsp3) is 0.318. The van der Waals surface area contributed by atoms with Crippen molar-refractivity contribution in [1.29, 1.82) is 5.26 Å². The summed E-state index contributed by atoms with van der Waals surface area (Å²) in [5.41, 5.74) is 1.39. The minimum Gasteiger partial charge on any atom is -0.352 e. The Hall–Kier alpha value is -2.73. The van der Waals surface area contributed by atoms with E-state index < -0.39 is 15.1 Å². The Kier molecular flexibility index (Phi) is 6.10. The summed E-state index contributed by atoms with van der Waals surface area (Å²) in [7, 11) is -4.03. The van der Waals surface area contributed by atoms with Gasteiger partial charge in [0, 0.05) is 31.2 Å². The standard InChI is InChI=1S/C22H22ClN5O2S/c1-2-27-11-13-28(14-12-27)22-21(25-18-5-3-4-6-19(18)26-22)20(15-24)31(29,30)17-9-7-16(23)8-10-17/h3-10,20H,2,11-14H2,1H3/t20-/m0/s1. The molecule has 0 radical (unpaired) electrons. The molecule has 31 heavy (non-hydrogen) atoms. The summed E-state index contributed by atoms with van der Waals surface area (Å²) >= 11 is 5.92. The molecule has 4 rings (SSSR count). The molecule has 2 aromatic carbocycles. The monoisotopic (exact) mass is 455 g/mol. The Morgan fingerprint density at radius 1 is 1.03 bits per heavy atom. The Morgan fingerprint density at radius 3 is 2.23 bits per heavy atom. The molecule has 1 aromatic heterocycles. The van der Waals surface area contributed by atoms with Crippen molar-refractivity contribution in [2.75, 3.05) is 37.6 Å². The molecule has 9 heteroatoms. The number of benzene rings is 2. The Labute approximate surface area is 186 Å². The zero-order valence-corrected chi connectivity index (χ0v) is 18.6.